The average Bonchev–Trinajstić information content (AvgIpc) is 3.58. The zero-order valence-corrected chi connectivity index (χ0v) is 18.9. The van der Waals surface area contributed by atoms with E-state index in [1.807, 2.05) is 6.92 Å². The number of aromatic nitrogens is 6. The van der Waals surface area contributed by atoms with Gasteiger partial charge in [-0.3, -0.25) is 18.6 Å². The molecule has 3 aromatic heterocycles. The Morgan fingerprint density at radius 2 is 2.12 bits per heavy atom. The van der Waals surface area contributed by atoms with E-state index in [-0.39, 0.29) is 17.5 Å². The minimum absolute atomic E-state index is 0.00381. The number of ether oxygens (including phenoxy) is 1. The second-order valence-electron chi connectivity index (χ2n) is 9.15. The Morgan fingerprint density at radius 3 is 2.88 bits per heavy atom. The number of rotatable bonds is 3. The smallest absolute Gasteiger partial charge is 0.281 e. The van der Waals surface area contributed by atoms with Gasteiger partial charge in [0.15, 0.2) is 11.3 Å². The summed E-state index contributed by atoms with van der Waals surface area (Å²) in [5.74, 6) is -0.122. The normalized spacial score (nSPS) is 22.9. The van der Waals surface area contributed by atoms with E-state index in [1.54, 1.807) is 28.5 Å². The maximum absolute atomic E-state index is 14.2. The number of carbonyl (C=O) groups is 1. The molecule has 2 aliphatic rings. The molecule has 0 bridgehead atoms. The van der Waals surface area contributed by atoms with Crippen molar-refractivity contribution in [3.63, 3.8) is 0 Å². The summed E-state index contributed by atoms with van der Waals surface area (Å²) in [6.45, 7) is 4.61. The molecule has 11 heteroatoms. The van der Waals surface area contributed by atoms with Gasteiger partial charge in [-0.05, 0) is 50.8 Å². The predicted molar refractivity (Wildman–Crippen MR) is 120 cm³/mol. The summed E-state index contributed by atoms with van der Waals surface area (Å²) in [7, 11) is 0. The van der Waals surface area contributed by atoms with Crippen molar-refractivity contribution in [1.29, 1.82) is 0 Å². The van der Waals surface area contributed by atoms with Crippen molar-refractivity contribution in [1.82, 2.24) is 33.8 Å². The lowest BCUT2D eigenvalue weighted by Gasteiger charge is -2.28. The fourth-order valence-electron chi connectivity index (χ4n) is 5.38. The third-order valence-corrected chi connectivity index (χ3v) is 6.99. The van der Waals surface area contributed by atoms with Crippen LogP contribution in [0.25, 0.3) is 22.4 Å². The number of hydrogen-bond donors (Lipinski definition) is 0. The van der Waals surface area contributed by atoms with Gasteiger partial charge < -0.3 is 9.64 Å². The number of imidazole rings is 1. The Hall–Kier alpha value is -3.60. The Balaban J connectivity index is 1.56. The monoisotopic (exact) mass is 465 g/mol. The van der Waals surface area contributed by atoms with Gasteiger partial charge >= 0.3 is 0 Å². The molecule has 2 aliphatic heterocycles. The van der Waals surface area contributed by atoms with Gasteiger partial charge in [-0.25, -0.2) is 9.37 Å². The van der Waals surface area contributed by atoms with Gasteiger partial charge in [0, 0.05) is 20.1 Å². The molecule has 2 atom stereocenters. The van der Waals surface area contributed by atoms with E-state index in [0.717, 1.165) is 19.3 Å². The van der Waals surface area contributed by atoms with Crippen molar-refractivity contribution in [3.05, 3.63) is 52.6 Å². The minimum atomic E-state index is -0.897. The summed E-state index contributed by atoms with van der Waals surface area (Å²) in [5.41, 5.74) is 0.772. The number of benzene rings is 1. The van der Waals surface area contributed by atoms with Gasteiger partial charge in [-0.2, -0.15) is 4.68 Å². The van der Waals surface area contributed by atoms with E-state index >= 15 is 0 Å². The van der Waals surface area contributed by atoms with Gasteiger partial charge in [0.1, 0.15) is 23.6 Å². The first-order chi connectivity index (χ1) is 16.4. The molecule has 34 heavy (non-hydrogen) atoms. The molecular formula is C23H24FN7O3. The van der Waals surface area contributed by atoms with Crippen molar-refractivity contribution in [2.24, 2.45) is 0 Å². The van der Waals surface area contributed by atoms with Crippen molar-refractivity contribution in [2.75, 3.05) is 13.2 Å². The first kappa shape index (κ1) is 21.0. The molecular weight excluding hydrogens is 441 g/mol. The fourth-order valence-corrected chi connectivity index (χ4v) is 5.38. The van der Waals surface area contributed by atoms with E-state index in [9.17, 15) is 14.0 Å². The van der Waals surface area contributed by atoms with Crippen LogP contribution < -0.4 is 5.56 Å². The summed E-state index contributed by atoms with van der Waals surface area (Å²) in [6, 6.07) is 4.20. The van der Waals surface area contributed by atoms with E-state index < -0.39 is 11.5 Å². The lowest BCUT2D eigenvalue weighted by molar-refractivity contribution is -0.129. The van der Waals surface area contributed by atoms with Crippen LogP contribution in [-0.4, -0.2) is 52.9 Å². The van der Waals surface area contributed by atoms with Crippen LogP contribution in [0.4, 0.5) is 4.39 Å². The van der Waals surface area contributed by atoms with Crippen LogP contribution in [0.5, 0.6) is 0 Å². The number of fused-ring (bicyclic) bond motifs is 3. The van der Waals surface area contributed by atoms with Crippen molar-refractivity contribution in [2.45, 2.75) is 51.3 Å². The van der Waals surface area contributed by atoms with E-state index in [4.69, 9.17) is 4.74 Å². The van der Waals surface area contributed by atoms with Crippen LogP contribution in [0, 0.1) is 5.82 Å². The largest absolute Gasteiger partial charge is 0.355 e. The van der Waals surface area contributed by atoms with E-state index in [0.29, 0.717) is 47.6 Å². The second kappa shape index (κ2) is 7.45. The molecule has 0 saturated carbocycles. The highest BCUT2D eigenvalue weighted by Gasteiger charge is 2.36. The van der Waals surface area contributed by atoms with E-state index in [2.05, 4.69) is 15.3 Å². The number of nitrogens with zero attached hydrogens (tertiary/aromatic N) is 7. The van der Waals surface area contributed by atoms with E-state index in [1.165, 1.54) is 27.7 Å². The predicted octanol–water partition coefficient (Wildman–Crippen LogP) is 2.54. The molecule has 10 nitrogen and oxygen atoms in total. The third-order valence-electron chi connectivity index (χ3n) is 6.99. The van der Waals surface area contributed by atoms with Crippen LogP contribution >= 0.6 is 0 Å². The molecule has 5 heterocycles. The molecule has 0 aliphatic carbocycles. The van der Waals surface area contributed by atoms with Crippen molar-refractivity contribution < 1.29 is 13.9 Å². The summed E-state index contributed by atoms with van der Waals surface area (Å²) in [6.07, 6.45) is 6.40. The van der Waals surface area contributed by atoms with Crippen LogP contribution in [-0.2, 0) is 15.3 Å². The van der Waals surface area contributed by atoms with Crippen molar-refractivity contribution >= 4 is 22.5 Å². The maximum atomic E-state index is 14.2. The van der Waals surface area contributed by atoms with Gasteiger partial charge in [0.2, 0.25) is 5.91 Å². The van der Waals surface area contributed by atoms with Crippen LogP contribution in [0.2, 0.25) is 0 Å². The SMILES string of the molecule is CC(=O)N1CCCC1c1cn(-c2ncn3c2c(=O)n(C2(C)CCCO2)c2cc(F)ccc23)nn1. The van der Waals surface area contributed by atoms with Crippen LogP contribution in [0.15, 0.2) is 35.5 Å². The highest BCUT2D eigenvalue weighted by atomic mass is 19.1. The molecule has 1 aromatic carbocycles. The highest BCUT2D eigenvalue weighted by Crippen LogP contribution is 2.34. The third kappa shape index (κ3) is 2.99. The molecule has 2 fully saturated rings. The lowest BCUT2D eigenvalue weighted by atomic mass is 10.1. The molecule has 2 unspecified atom stereocenters. The van der Waals surface area contributed by atoms with Crippen LogP contribution in [0.1, 0.15) is 51.3 Å². The fraction of sp³-hybridized carbons (Fsp3) is 0.435. The Morgan fingerprint density at radius 1 is 1.26 bits per heavy atom. The summed E-state index contributed by atoms with van der Waals surface area (Å²) < 4.78 is 24.9. The van der Waals surface area contributed by atoms with Crippen LogP contribution in [0.3, 0.4) is 0 Å². The summed E-state index contributed by atoms with van der Waals surface area (Å²) in [5, 5.41) is 8.54. The average molecular weight is 465 g/mol. The maximum Gasteiger partial charge on any atom is 0.281 e. The standard InChI is InChI=1S/C23H24FN7O3/c1-14(32)28-9-3-5-17(28)16-12-30(27-26-16)21-20-22(33)31(23(2)8-4-10-34-23)19-11-15(24)6-7-18(19)29(20)13-25-21/h6-7,11-13,17H,3-5,8-10H2,1-2H3. The van der Waals surface area contributed by atoms with Gasteiger partial charge in [-0.15, -0.1) is 5.10 Å². The Kier molecular flexibility index (Phi) is 4.60. The molecule has 6 rings (SSSR count). The minimum Gasteiger partial charge on any atom is -0.355 e. The Labute approximate surface area is 193 Å². The molecule has 0 spiro atoms. The second-order valence-corrected chi connectivity index (χ2v) is 9.15. The number of carbonyl (C=O) groups excluding carboxylic acids is 1. The number of hydrogen-bond acceptors (Lipinski definition) is 6. The lowest BCUT2D eigenvalue weighted by Crippen LogP contribution is -2.39. The molecule has 1 amide bonds. The molecule has 2 saturated heterocycles. The van der Waals surface area contributed by atoms with Gasteiger partial charge in [-0.1, -0.05) is 5.21 Å². The number of amides is 1. The van der Waals surface area contributed by atoms with Gasteiger partial charge in [0.05, 0.1) is 23.3 Å². The summed E-state index contributed by atoms with van der Waals surface area (Å²) >= 11 is 0. The van der Waals surface area contributed by atoms with Crippen molar-refractivity contribution in [3.8, 4) is 5.82 Å². The highest BCUT2D eigenvalue weighted by molar-refractivity contribution is 5.81. The van der Waals surface area contributed by atoms with Gasteiger partial charge in [0.25, 0.3) is 5.56 Å². The zero-order valence-electron chi connectivity index (χ0n) is 18.9. The summed E-state index contributed by atoms with van der Waals surface area (Å²) in [4.78, 5) is 32.2. The number of halogens is 1. The number of likely N-dealkylation sites (tertiary alicyclic amines) is 1. The first-order valence-electron chi connectivity index (χ1n) is 11.4. The molecule has 176 valence electrons. The molecule has 0 N–H and O–H groups in total. The molecule has 4 aromatic rings. The first-order valence-corrected chi connectivity index (χ1v) is 11.4. The molecule has 0 radical (unpaired) electrons. The Bertz CT molecular complexity index is 1500. The topological polar surface area (TPSA) is 99.6 Å². The zero-order chi connectivity index (χ0) is 23.6. The quantitative estimate of drug-likeness (QED) is 0.461.